The van der Waals surface area contributed by atoms with Crippen LogP contribution in [0.3, 0.4) is 0 Å². The van der Waals surface area contributed by atoms with Gasteiger partial charge in [0.25, 0.3) is 0 Å². The maximum atomic E-state index is 13.2. The largest absolute Gasteiger partial charge is 0.470 e. The lowest BCUT2D eigenvalue weighted by molar-refractivity contribution is -0.140. The second-order valence-electron chi connectivity index (χ2n) is 6.53. The SMILES string of the molecule is O=C(C(c1ccccc1)c1ccccc1)N1CC(Oc2ncccc2Br)C1. The fourth-order valence-electron chi connectivity index (χ4n) is 3.26. The van der Waals surface area contributed by atoms with E-state index in [-0.39, 0.29) is 17.9 Å². The summed E-state index contributed by atoms with van der Waals surface area (Å²) in [5.74, 6) is 0.375. The third-order valence-electron chi connectivity index (χ3n) is 4.68. The number of pyridine rings is 1. The molecule has 3 aromatic rings. The molecule has 2 aromatic carbocycles. The fourth-order valence-corrected chi connectivity index (χ4v) is 3.61. The number of rotatable bonds is 5. The van der Waals surface area contributed by atoms with Crippen LogP contribution in [0.2, 0.25) is 0 Å². The van der Waals surface area contributed by atoms with E-state index in [0.29, 0.717) is 19.0 Å². The van der Waals surface area contributed by atoms with Crippen molar-refractivity contribution >= 4 is 21.8 Å². The van der Waals surface area contributed by atoms with Crippen molar-refractivity contribution in [2.75, 3.05) is 13.1 Å². The smallest absolute Gasteiger partial charge is 0.234 e. The number of amides is 1. The number of hydrogen-bond acceptors (Lipinski definition) is 3. The first-order valence-corrected chi connectivity index (χ1v) is 9.67. The molecule has 1 aliphatic rings. The molecule has 4 nitrogen and oxygen atoms in total. The van der Waals surface area contributed by atoms with Crippen LogP contribution in [0.15, 0.2) is 83.5 Å². The summed E-state index contributed by atoms with van der Waals surface area (Å²) in [7, 11) is 0. The van der Waals surface area contributed by atoms with E-state index in [0.717, 1.165) is 15.6 Å². The Labute approximate surface area is 166 Å². The third-order valence-corrected chi connectivity index (χ3v) is 5.28. The minimum atomic E-state index is -0.296. The molecule has 0 spiro atoms. The summed E-state index contributed by atoms with van der Waals surface area (Å²) in [5, 5.41) is 0. The topological polar surface area (TPSA) is 42.4 Å². The van der Waals surface area contributed by atoms with Gasteiger partial charge in [0.05, 0.1) is 23.5 Å². The molecule has 1 aromatic heterocycles. The van der Waals surface area contributed by atoms with Crippen LogP contribution in [0.25, 0.3) is 0 Å². The van der Waals surface area contributed by atoms with Crippen molar-refractivity contribution in [1.82, 2.24) is 9.88 Å². The molecule has 0 unspecified atom stereocenters. The molecule has 1 saturated heterocycles. The summed E-state index contributed by atoms with van der Waals surface area (Å²) in [4.78, 5) is 19.3. The van der Waals surface area contributed by atoms with Gasteiger partial charge in [-0.1, -0.05) is 60.7 Å². The molecule has 0 aliphatic carbocycles. The maximum Gasteiger partial charge on any atom is 0.234 e. The average Bonchev–Trinajstić information content (AvgIpc) is 2.67. The first-order valence-electron chi connectivity index (χ1n) is 8.88. The van der Waals surface area contributed by atoms with Crippen LogP contribution in [-0.2, 0) is 4.79 Å². The lowest BCUT2D eigenvalue weighted by Gasteiger charge is -2.40. The lowest BCUT2D eigenvalue weighted by atomic mass is 9.89. The predicted molar refractivity (Wildman–Crippen MR) is 108 cm³/mol. The second-order valence-corrected chi connectivity index (χ2v) is 7.38. The molecule has 1 aliphatic heterocycles. The van der Waals surface area contributed by atoms with Crippen LogP contribution in [0.5, 0.6) is 5.88 Å². The van der Waals surface area contributed by atoms with E-state index >= 15 is 0 Å². The average molecular weight is 423 g/mol. The number of halogens is 1. The molecule has 5 heteroatoms. The van der Waals surface area contributed by atoms with Crippen molar-refractivity contribution in [3.05, 3.63) is 94.6 Å². The molecular weight excluding hydrogens is 404 g/mol. The van der Waals surface area contributed by atoms with Gasteiger partial charge in [0.15, 0.2) is 0 Å². The standard InChI is InChI=1S/C22H19BrN2O2/c23-19-12-7-13-24-21(19)27-18-14-25(15-18)22(26)20(16-8-3-1-4-9-16)17-10-5-2-6-11-17/h1-13,18,20H,14-15H2. The van der Waals surface area contributed by atoms with Crippen LogP contribution in [0, 0.1) is 0 Å². The van der Waals surface area contributed by atoms with Crippen molar-refractivity contribution in [2.45, 2.75) is 12.0 Å². The van der Waals surface area contributed by atoms with Crippen molar-refractivity contribution < 1.29 is 9.53 Å². The Morgan fingerprint density at radius 3 is 2.11 bits per heavy atom. The zero-order valence-electron chi connectivity index (χ0n) is 14.7. The first kappa shape index (κ1) is 17.7. The second kappa shape index (κ2) is 7.92. The van der Waals surface area contributed by atoms with Crippen molar-refractivity contribution in [2.24, 2.45) is 0 Å². The number of hydrogen-bond donors (Lipinski definition) is 0. The Kier molecular flexibility index (Phi) is 5.21. The Balaban J connectivity index is 1.48. The van der Waals surface area contributed by atoms with Gasteiger partial charge in [0.1, 0.15) is 6.10 Å². The number of carbonyl (C=O) groups is 1. The normalized spacial score (nSPS) is 14.1. The Hall–Kier alpha value is -2.66. The summed E-state index contributed by atoms with van der Waals surface area (Å²) < 4.78 is 6.72. The van der Waals surface area contributed by atoms with E-state index in [2.05, 4.69) is 20.9 Å². The van der Waals surface area contributed by atoms with Gasteiger partial charge < -0.3 is 9.64 Å². The summed E-state index contributed by atoms with van der Waals surface area (Å²) in [6.45, 7) is 1.13. The van der Waals surface area contributed by atoms with Crippen molar-refractivity contribution in [3.63, 3.8) is 0 Å². The van der Waals surface area contributed by atoms with Gasteiger partial charge >= 0.3 is 0 Å². The number of nitrogens with zero attached hydrogens (tertiary/aromatic N) is 2. The van der Waals surface area contributed by atoms with Gasteiger partial charge in [-0.3, -0.25) is 4.79 Å². The number of carbonyl (C=O) groups excluding carboxylic acids is 1. The van der Waals surface area contributed by atoms with Gasteiger partial charge in [-0.05, 0) is 39.2 Å². The fraction of sp³-hybridized carbons (Fsp3) is 0.182. The molecule has 4 rings (SSSR count). The van der Waals surface area contributed by atoms with E-state index in [1.165, 1.54) is 0 Å². The number of aromatic nitrogens is 1. The lowest BCUT2D eigenvalue weighted by Crippen LogP contribution is -2.57. The number of ether oxygens (including phenoxy) is 1. The highest BCUT2D eigenvalue weighted by Gasteiger charge is 2.37. The van der Waals surface area contributed by atoms with Crippen LogP contribution >= 0.6 is 15.9 Å². The monoisotopic (exact) mass is 422 g/mol. The van der Waals surface area contributed by atoms with Crippen LogP contribution < -0.4 is 4.74 Å². The predicted octanol–water partition coefficient (Wildman–Crippen LogP) is 4.27. The molecule has 136 valence electrons. The Morgan fingerprint density at radius 2 is 1.56 bits per heavy atom. The Bertz CT molecular complexity index is 872. The first-order chi connectivity index (χ1) is 13.2. The highest BCUT2D eigenvalue weighted by molar-refractivity contribution is 9.10. The van der Waals surface area contributed by atoms with Crippen LogP contribution in [-0.4, -0.2) is 35.0 Å². The summed E-state index contributed by atoms with van der Waals surface area (Å²) >= 11 is 3.44. The van der Waals surface area contributed by atoms with Gasteiger partial charge in [-0.25, -0.2) is 4.98 Å². The van der Waals surface area contributed by atoms with E-state index in [4.69, 9.17) is 4.74 Å². The zero-order valence-corrected chi connectivity index (χ0v) is 16.2. The molecular formula is C22H19BrN2O2. The molecule has 0 radical (unpaired) electrons. The zero-order chi connectivity index (χ0) is 18.6. The van der Waals surface area contributed by atoms with Crippen molar-refractivity contribution in [3.8, 4) is 5.88 Å². The minimum Gasteiger partial charge on any atom is -0.470 e. The van der Waals surface area contributed by atoms with Gasteiger partial charge in [-0.2, -0.15) is 0 Å². The van der Waals surface area contributed by atoms with E-state index in [9.17, 15) is 4.79 Å². The third kappa shape index (κ3) is 3.88. The molecule has 2 heterocycles. The summed E-state index contributed by atoms with van der Waals surface area (Å²) in [6.07, 6.45) is 1.66. The highest BCUT2D eigenvalue weighted by atomic mass is 79.9. The van der Waals surface area contributed by atoms with Gasteiger partial charge in [0.2, 0.25) is 11.8 Å². The maximum absolute atomic E-state index is 13.2. The molecule has 1 amide bonds. The van der Waals surface area contributed by atoms with Crippen molar-refractivity contribution in [1.29, 1.82) is 0 Å². The molecule has 0 saturated carbocycles. The molecule has 0 bridgehead atoms. The van der Waals surface area contributed by atoms with Gasteiger partial charge in [0, 0.05) is 6.20 Å². The van der Waals surface area contributed by atoms with E-state index < -0.39 is 0 Å². The molecule has 1 fully saturated rings. The quantitative estimate of drug-likeness (QED) is 0.616. The molecule has 0 atom stereocenters. The molecule has 27 heavy (non-hydrogen) atoms. The molecule has 0 N–H and O–H groups in total. The van der Waals surface area contributed by atoms with E-state index in [1.54, 1.807) is 6.20 Å². The number of benzene rings is 2. The highest BCUT2D eigenvalue weighted by Crippen LogP contribution is 2.30. The van der Waals surface area contributed by atoms with Crippen LogP contribution in [0.1, 0.15) is 17.0 Å². The minimum absolute atomic E-state index is 0.0349. The van der Waals surface area contributed by atoms with Crippen LogP contribution in [0.4, 0.5) is 0 Å². The summed E-state index contributed by atoms with van der Waals surface area (Å²) in [6, 6.07) is 23.6. The Morgan fingerprint density at radius 1 is 0.963 bits per heavy atom. The summed E-state index contributed by atoms with van der Waals surface area (Å²) in [5.41, 5.74) is 2.01. The number of likely N-dealkylation sites (tertiary alicyclic amines) is 1. The van der Waals surface area contributed by atoms with Gasteiger partial charge in [-0.15, -0.1) is 0 Å². The van der Waals surface area contributed by atoms with E-state index in [1.807, 2.05) is 77.7 Å².